The Balaban J connectivity index is 2.33. The summed E-state index contributed by atoms with van der Waals surface area (Å²) in [5.41, 5.74) is 0.650. The number of halogens is 2. The molecular weight excluding hydrogens is 256 g/mol. The minimum absolute atomic E-state index is 0.0670. The first-order valence-corrected chi connectivity index (χ1v) is 7.22. The molecule has 0 unspecified atom stereocenters. The molecule has 0 spiro atoms. The molecule has 0 heterocycles. The monoisotopic (exact) mass is 277 g/mol. The second-order valence-corrected chi connectivity index (χ2v) is 5.21. The fourth-order valence-corrected chi connectivity index (χ4v) is 2.93. The smallest absolute Gasteiger partial charge is 0.294 e. The van der Waals surface area contributed by atoms with E-state index in [1.54, 1.807) is 30.3 Å². The molecule has 1 nitrogen and oxygen atoms in total. The summed E-state index contributed by atoms with van der Waals surface area (Å²) in [6.07, 6.45) is 5.52. The van der Waals surface area contributed by atoms with Gasteiger partial charge in [0, 0.05) is 18.2 Å². The van der Waals surface area contributed by atoms with Gasteiger partial charge in [-0.15, -0.1) is 6.58 Å². The van der Waals surface area contributed by atoms with Crippen LogP contribution in [0.25, 0.3) is 5.70 Å². The molecule has 20 heavy (non-hydrogen) atoms. The lowest BCUT2D eigenvalue weighted by atomic mass is 9.93. The van der Waals surface area contributed by atoms with Gasteiger partial charge in [-0.3, -0.25) is 0 Å². The van der Waals surface area contributed by atoms with Crippen LogP contribution in [-0.2, 0) is 0 Å². The van der Waals surface area contributed by atoms with E-state index >= 15 is 0 Å². The van der Waals surface area contributed by atoms with Gasteiger partial charge in [-0.2, -0.15) is 8.78 Å². The number of nitrogens with zero attached hydrogens (tertiary/aromatic N) is 1. The predicted octanol–water partition coefficient (Wildman–Crippen LogP) is 5.07. The highest BCUT2D eigenvalue weighted by Gasteiger charge is 2.25. The molecular formula is C17H21F2N. The second-order valence-electron chi connectivity index (χ2n) is 5.21. The molecule has 1 aliphatic carbocycles. The molecule has 108 valence electrons. The molecule has 1 aliphatic rings. The molecule has 1 fully saturated rings. The van der Waals surface area contributed by atoms with Crippen LogP contribution in [-0.4, -0.2) is 17.5 Å². The maximum absolute atomic E-state index is 13.5. The van der Waals surface area contributed by atoms with Crippen molar-refractivity contribution in [3.05, 3.63) is 54.6 Å². The van der Waals surface area contributed by atoms with Crippen molar-refractivity contribution in [2.24, 2.45) is 0 Å². The zero-order valence-electron chi connectivity index (χ0n) is 11.7. The Morgan fingerprint density at radius 1 is 1.15 bits per heavy atom. The van der Waals surface area contributed by atoms with Gasteiger partial charge in [0.25, 0.3) is 6.08 Å². The standard InChI is InChI=1S/C17H21F2N/c1-2-13-20(15-11-7-4-8-12-15)16(17(18)19)14-9-5-3-6-10-14/h2-3,5-6,9-10,15H,1,4,7-8,11-13H2. The Morgan fingerprint density at radius 3 is 2.35 bits per heavy atom. The van der Waals surface area contributed by atoms with Crippen molar-refractivity contribution in [2.75, 3.05) is 6.54 Å². The van der Waals surface area contributed by atoms with Crippen LogP contribution in [0.15, 0.2) is 49.1 Å². The van der Waals surface area contributed by atoms with E-state index in [-0.39, 0.29) is 11.7 Å². The molecule has 0 amide bonds. The molecule has 0 radical (unpaired) electrons. The first-order valence-electron chi connectivity index (χ1n) is 7.22. The van der Waals surface area contributed by atoms with Gasteiger partial charge in [0.1, 0.15) is 5.70 Å². The summed E-state index contributed by atoms with van der Waals surface area (Å²) in [6, 6.07) is 9.12. The van der Waals surface area contributed by atoms with Crippen molar-refractivity contribution in [3.8, 4) is 0 Å². The first kappa shape index (κ1) is 14.8. The molecule has 1 aromatic rings. The summed E-state index contributed by atoms with van der Waals surface area (Å²) < 4.78 is 27.0. The van der Waals surface area contributed by atoms with Crippen LogP contribution in [0.1, 0.15) is 37.7 Å². The van der Waals surface area contributed by atoms with Gasteiger partial charge in [-0.25, -0.2) is 0 Å². The van der Waals surface area contributed by atoms with Crippen molar-refractivity contribution in [3.63, 3.8) is 0 Å². The first-order chi connectivity index (χ1) is 9.74. The van der Waals surface area contributed by atoms with Gasteiger partial charge in [-0.1, -0.05) is 55.7 Å². The van der Waals surface area contributed by atoms with E-state index in [0.717, 1.165) is 25.7 Å². The SMILES string of the molecule is C=CCN(C(=C(F)F)c1ccccc1)C1CCCCC1. The van der Waals surface area contributed by atoms with E-state index in [0.29, 0.717) is 12.1 Å². The average Bonchev–Trinajstić information content (AvgIpc) is 2.48. The Labute approximate surface area is 119 Å². The summed E-state index contributed by atoms with van der Waals surface area (Å²) in [5, 5.41) is 0. The summed E-state index contributed by atoms with van der Waals surface area (Å²) in [5.74, 6) is 0. The van der Waals surface area contributed by atoms with Gasteiger partial charge >= 0.3 is 0 Å². The van der Waals surface area contributed by atoms with Crippen LogP contribution >= 0.6 is 0 Å². The summed E-state index contributed by atoms with van der Waals surface area (Å²) in [4.78, 5) is 1.83. The van der Waals surface area contributed by atoms with Crippen LogP contribution in [0.2, 0.25) is 0 Å². The van der Waals surface area contributed by atoms with Gasteiger partial charge in [0.2, 0.25) is 0 Å². The maximum Gasteiger partial charge on any atom is 0.294 e. The molecule has 0 bridgehead atoms. The summed E-state index contributed by atoms with van der Waals surface area (Å²) in [6.45, 7) is 4.19. The van der Waals surface area contributed by atoms with Crippen LogP contribution in [0.4, 0.5) is 8.78 Å². The van der Waals surface area contributed by atoms with Gasteiger partial charge < -0.3 is 4.90 Å². The zero-order chi connectivity index (χ0) is 14.4. The number of benzene rings is 1. The third kappa shape index (κ3) is 3.47. The molecule has 0 aliphatic heterocycles. The lowest BCUT2D eigenvalue weighted by Gasteiger charge is -2.36. The average molecular weight is 277 g/mol. The highest BCUT2D eigenvalue weighted by Crippen LogP contribution is 2.32. The topological polar surface area (TPSA) is 3.24 Å². The lowest BCUT2D eigenvalue weighted by molar-refractivity contribution is 0.238. The van der Waals surface area contributed by atoms with E-state index in [4.69, 9.17) is 0 Å². The molecule has 1 saturated carbocycles. The normalized spacial score (nSPS) is 15.7. The van der Waals surface area contributed by atoms with Crippen molar-refractivity contribution in [2.45, 2.75) is 38.1 Å². The van der Waals surface area contributed by atoms with Crippen molar-refractivity contribution < 1.29 is 8.78 Å². The molecule has 2 rings (SSSR count). The fourth-order valence-electron chi connectivity index (χ4n) is 2.93. The summed E-state index contributed by atoms with van der Waals surface area (Å²) in [7, 11) is 0. The molecule has 0 aromatic heterocycles. The number of hydrogen-bond acceptors (Lipinski definition) is 1. The molecule has 1 aromatic carbocycles. The van der Waals surface area contributed by atoms with E-state index in [9.17, 15) is 8.78 Å². The quantitative estimate of drug-likeness (QED) is 0.679. The Bertz CT molecular complexity index is 457. The number of rotatable bonds is 5. The van der Waals surface area contributed by atoms with Crippen molar-refractivity contribution >= 4 is 5.70 Å². The Kier molecular flexibility index (Phi) is 5.33. The fraction of sp³-hybridized carbons (Fsp3) is 0.412. The lowest BCUT2D eigenvalue weighted by Crippen LogP contribution is -2.36. The van der Waals surface area contributed by atoms with Crippen LogP contribution < -0.4 is 0 Å². The highest BCUT2D eigenvalue weighted by atomic mass is 19.3. The summed E-state index contributed by atoms with van der Waals surface area (Å²) >= 11 is 0. The van der Waals surface area contributed by atoms with Gasteiger partial charge in [0.15, 0.2) is 0 Å². The van der Waals surface area contributed by atoms with Crippen molar-refractivity contribution in [1.29, 1.82) is 0 Å². The van der Waals surface area contributed by atoms with Crippen molar-refractivity contribution in [1.82, 2.24) is 4.90 Å². The zero-order valence-corrected chi connectivity index (χ0v) is 11.7. The van der Waals surface area contributed by atoms with Crippen LogP contribution in [0.5, 0.6) is 0 Å². The predicted molar refractivity (Wildman–Crippen MR) is 79.4 cm³/mol. The van der Waals surface area contributed by atoms with Crippen LogP contribution in [0, 0.1) is 0 Å². The minimum atomic E-state index is -1.61. The minimum Gasteiger partial charge on any atom is -0.360 e. The third-order valence-corrected chi connectivity index (χ3v) is 3.85. The Hall–Kier alpha value is -1.64. The van der Waals surface area contributed by atoms with E-state index in [1.165, 1.54) is 6.42 Å². The van der Waals surface area contributed by atoms with Gasteiger partial charge in [-0.05, 0) is 12.8 Å². The third-order valence-electron chi connectivity index (χ3n) is 3.85. The second kappa shape index (κ2) is 7.22. The van der Waals surface area contributed by atoms with E-state index in [2.05, 4.69) is 6.58 Å². The van der Waals surface area contributed by atoms with E-state index < -0.39 is 6.08 Å². The molecule has 0 N–H and O–H groups in total. The Morgan fingerprint density at radius 2 is 1.80 bits per heavy atom. The van der Waals surface area contributed by atoms with Crippen LogP contribution in [0.3, 0.4) is 0 Å². The van der Waals surface area contributed by atoms with E-state index in [1.807, 2.05) is 11.0 Å². The number of hydrogen-bond donors (Lipinski definition) is 0. The largest absolute Gasteiger partial charge is 0.360 e. The molecule has 3 heteroatoms. The highest BCUT2D eigenvalue weighted by molar-refractivity contribution is 5.65. The van der Waals surface area contributed by atoms with Gasteiger partial charge in [0.05, 0.1) is 0 Å². The molecule has 0 saturated heterocycles. The molecule has 0 atom stereocenters. The maximum atomic E-state index is 13.5.